The summed E-state index contributed by atoms with van der Waals surface area (Å²) in [5.74, 6) is -2.58. The lowest BCUT2D eigenvalue weighted by molar-refractivity contribution is -0.141. The van der Waals surface area contributed by atoms with E-state index in [1.54, 1.807) is 0 Å². The Morgan fingerprint density at radius 1 is 1.54 bits per heavy atom. The Bertz CT molecular complexity index is 746. The molecule has 24 heavy (non-hydrogen) atoms. The first-order chi connectivity index (χ1) is 11.1. The Labute approximate surface area is 142 Å². The van der Waals surface area contributed by atoms with Gasteiger partial charge in [-0.25, -0.2) is 4.39 Å². The van der Waals surface area contributed by atoms with E-state index in [2.05, 4.69) is 5.32 Å². The second-order valence-corrected chi connectivity index (χ2v) is 7.14. The molecular formula is C13H10ClF4N3O2S. The standard InChI is InChI=1S/C13H10ClF4N3O2S/c14-10-6(3-19)1-9(24-10)11(22)20-7-2-8(15)12(23)21(4-7)5-13(16,17)18/h2,4,6,9-10H,1,5H2,(H,20,22). The monoisotopic (exact) mass is 383 g/mol. The number of nitrogens with zero attached hydrogens (tertiary/aromatic N) is 2. The Morgan fingerprint density at radius 3 is 2.75 bits per heavy atom. The molecule has 0 bridgehead atoms. The zero-order chi connectivity index (χ0) is 18.1. The molecule has 11 heteroatoms. The summed E-state index contributed by atoms with van der Waals surface area (Å²) < 4.78 is 50.3. The molecule has 2 heterocycles. The van der Waals surface area contributed by atoms with Crippen molar-refractivity contribution in [2.45, 2.75) is 29.1 Å². The zero-order valence-electron chi connectivity index (χ0n) is 11.8. The molecule has 2 rings (SSSR count). The predicted octanol–water partition coefficient (Wildman–Crippen LogP) is 2.70. The van der Waals surface area contributed by atoms with Gasteiger partial charge in [-0.15, -0.1) is 23.4 Å². The van der Waals surface area contributed by atoms with Crippen molar-refractivity contribution >= 4 is 35.0 Å². The SMILES string of the molecule is N#CC1CC(C(=O)Nc2cc(F)c(=O)n(CC(F)(F)F)c2)SC1Cl. The van der Waals surface area contributed by atoms with Crippen LogP contribution in [-0.2, 0) is 11.3 Å². The van der Waals surface area contributed by atoms with Gasteiger partial charge in [0.1, 0.15) is 6.54 Å². The fraction of sp³-hybridized carbons (Fsp3) is 0.462. The third-order valence-corrected chi connectivity index (χ3v) is 5.13. The van der Waals surface area contributed by atoms with Crippen LogP contribution in [0.2, 0.25) is 0 Å². The van der Waals surface area contributed by atoms with E-state index in [0.717, 1.165) is 18.0 Å². The van der Waals surface area contributed by atoms with E-state index in [0.29, 0.717) is 6.07 Å². The van der Waals surface area contributed by atoms with Crippen molar-refractivity contribution in [3.05, 3.63) is 28.4 Å². The average Bonchev–Trinajstić information content (AvgIpc) is 2.84. The van der Waals surface area contributed by atoms with E-state index < -0.39 is 45.9 Å². The van der Waals surface area contributed by atoms with Crippen LogP contribution in [0.5, 0.6) is 0 Å². The topological polar surface area (TPSA) is 74.9 Å². The summed E-state index contributed by atoms with van der Waals surface area (Å²) in [4.78, 5) is 23.5. The number of pyridine rings is 1. The number of thioether (sulfide) groups is 1. The van der Waals surface area contributed by atoms with E-state index in [1.165, 1.54) is 0 Å². The maximum Gasteiger partial charge on any atom is 0.406 e. The number of anilines is 1. The lowest BCUT2D eigenvalue weighted by Gasteiger charge is -2.13. The fourth-order valence-corrected chi connectivity index (χ4v) is 3.83. The first-order valence-electron chi connectivity index (χ1n) is 6.57. The second-order valence-electron chi connectivity index (χ2n) is 5.06. The molecule has 1 saturated heterocycles. The number of alkyl halides is 4. The first-order valence-corrected chi connectivity index (χ1v) is 7.95. The minimum absolute atomic E-state index is 0.134. The van der Waals surface area contributed by atoms with Gasteiger partial charge in [-0.2, -0.15) is 18.4 Å². The summed E-state index contributed by atoms with van der Waals surface area (Å²) in [5.41, 5.74) is -1.72. The van der Waals surface area contributed by atoms with Crippen LogP contribution in [0.3, 0.4) is 0 Å². The third kappa shape index (κ3) is 4.42. The van der Waals surface area contributed by atoms with Crippen LogP contribution in [-0.4, -0.2) is 26.6 Å². The van der Waals surface area contributed by atoms with Crippen molar-refractivity contribution in [3.8, 4) is 6.07 Å². The number of amides is 1. The molecule has 0 aromatic carbocycles. The molecule has 1 aliphatic rings. The average molecular weight is 384 g/mol. The highest BCUT2D eigenvalue weighted by molar-refractivity contribution is 8.02. The molecule has 1 N–H and O–H groups in total. The molecule has 130 valence electrons. The fourth-order valence-electron chi connectivity index (χ4n) is 2.13. The lowest BCUT2D eigenvalue weighted by atomic mass is 10.1. The summed E-state index contributed by atoms with van der Waals surface area (Å²) in [7, 11) is 0. The van der Waals surface area contributed by atoms with Crippen LogP contribution in [0.15, 0.2) is 17.1 Å². The molecule has 0 spiro atoms. The number of carbonyl (C=O) groups is 1. The van der Waals surface area contributed by atoms with Gasteiger partial charge in [0, 0.05) is 12.3 Å². The Morgan fingerprint density at radius 2 is 2.21 bits per heavy atom. The largest absolute Gasteiger partial charge is 0.406 e. The normalized spacial score (nSPS) is 23.8. The Kier molecular flexibility index (Phi) is 5.45. The van der Waals surface area contributed by atoms with Gasteiger partial charge in [-0.3, -0.25) is 9.59 Å². The first kappa shape index (κ1) is 18.6. The number of nitrogens with one attached hydrogen (secondary N) is 1. The molecule has 1 aromatic rings. The van der Waals surface area contributed by atoms with E-state index in [1.807, 2.05) is 6.07 Å². The van der Waals surface area contributed by atoms with Crippen LogP contribution in [0, 0.1) is 23.1 Å². The van der Waals surface area contributed by atoms with Gasteiger partial charge in [-0.05, 0) is 6.42 Å². The van der Waals surface area contributed by atoms with E-state index in [9.17, 15) is 27.2 Å². The van der Waals surface area contributed by atoms with Gasteiger partial charge in [0.2, 0.25) is 5.91 Å². The molecule has 1 aromatic heterocycles. The Balaban J connectivity index is 2.17. The molecule has 1 aliphatic heterocycles. The van der Waals surface area contributed by atoms with Crippen molar-refractivity contribution in [1.29, 1.82) is 5.26 Å². The molecule has 0 saturated carbocycles. The van der Waals surface area contributed by atoms with Gasteiger partial charge >= 0.3 is 6.18 Å². The third-order valence-electron chi connectivity index (χ3n) is 3.20. The van der Waals surface area contributed by atoms with Crippen LogP contribution in [0.1, 0.15) is 6.42 Å². The van der Waals surface area contributed by atoms with E-state index in [4.69, 9.17) is 16.9 Å². The molecule has 0 aliphatic carbocycles. The Hall–Kier alpha value is -1.73. The van der Waals surface area contributed by atoms with Crippen LogP contribution >= 0.6 is 23.4 Å². The second kappa shape index (κ2) is 7.03. The van der Waals surface area contributed by atoms with Gasteiger partial charge in [0.05, 0.1) is 27.6 Å². The van der Waals surface area contributed by atoms with Gasteiger partial charge in [0.25, 0.3) is 5.56 Å². The van der Waals surface area contributed by atoms with Crippen LogP contribution in [0.25, 0.3) is 0 Å². The number of halogens is 5. The van der Waals surface area contributed by atoms with Crippen molar-refractivity contribution in [3.63, 3.8) is 0 Å². The quantitative estimate of drug-likeness (QED) is 0.643. The van der Waals surface area contributed by atoms with E-state index >= 15 is 0 Å². The number of hydrogen-bond donors (Lipinski definition) is 1. The predicted molar refractivity (Wildman–Crippen MR) is 80.1 cm³/mol. The maximum absolute atomic E-state index is 13.5. The number of rotatable bonds is 3. The number of hydrogen-bond acceptors (Lipinski definition) is 4. The minimum atomic E-state index is -4.72. The van der Waals surface area contributed by atoms with Gasteiger partial charge < -0.3 is 9.88 Å². The number of aromatic nitrogens is 1. The summed E-state index contributed by atoms with van der Waals surface area (Å²) in [6.07, 6.45) is -3.83. The van der Waals surface area contributed by atoms with Crippen molar-refractivity contribution in [1.82, 2.24) is 4.57 Å². The highest BCUT2D eigenvalue weighted by Crippen LogP contribution is 2.40. The molecule has 1 fully saturated rings. The smallest absolute Gasteiger partial charge is 0.324 e. The van der Waals surface area contributed by atoms with Crippen molar-refractivity contribution in [2.75, 3.05) is 5.32 Å². The van der Waals surface area contributed by atoms with Crippen LogP contribution in [0.4, 0.5) is 23.2 Å². The van der Waals surface area contributed by atoms with Crippen LogP contribution < -0.4 is 10.9 Å². The van der Waals surface area contributed by atoms with Gasteiger partial charge in [-0.1, -0.05) is 0 Å². The molecule has 5 nitrogen and oxygen atoms in total. The summed E-state index contributed by atoms with van der Waals surface area (Å²) in [6, 6.07) is 2.60. The van der Waals surface area contributed by atoms with Gasteiger partial charge in [0.15, 0.2) is 5.82 Å². The summed E-state index contributed by atoms with van der Waals surface area (Å²) >= 11 is 6.93. The molecule has 3 atom stereocenters. The highest BCUT2D eigenvalue weighted by Gasteiger charge is 2.38. The zero-order valence-corrected chi connectivity index (χ0v) is 13.4. The minimum Gasteiger partial charge on any atom is -0.324 e. The highest BCUT2D eigenvalue weighted by atomic mass is 35.5. The number of nitriles is 1. The van der Waals surface area contributed by atoms with E-state index in [-0.39, 0.29) is 16.7 Å². The molecule has 1 amide bonds. The lowest BCUT2D eigenvalue weighted by Crippen LogP contribution is -2.31. The number of carbonyl (C=O) groups excluding carboxylic acids is 1. The van der Waals surface area contributed by atoms with Crippen molar-refractivity contribution < 1.29 is 22.4 Å². The molecule has 3 unspecified atom stereocenters. The summed E-state index contributed by atoms with van der Waals surface area (Å²) in [6.45, 7) is -1.68. The molecular weight excluding hydrogens is 374 g/mol. The van der Waals surface area contributed by atoms with Crippen molar-refractivity contribution in [2.24, 2.45) is 5.92 Å². The maximum atomic E-state index is 13.5. The molecule has 0 radical (unpaired) electrons. The summed E-state index contributed by atoms with van der Waals surface area (Å²) in [5, 5.41) is 10.4.